The highest BCUT2D eigenvalue weighted by Crippen LogP contribution is 2.45. The van der Waals surface area contributed by atoms with Crippen molar-refractivity contribution in [3.05, 3.63) is 65.5 Å². The molecule has 4 heteroatoms. The second kappa shape index (κ2) is 6.21. The maximum atomic E-state index is 4.70. The monoisotopic (exact) mass is 370 g/mol. The van der Waals surface area contributed by atoms with Crippen LogP contribution in [0.5, 0.6) is 0 Å². The van der Waals surface area contributed by atoms with Crippen LogP contribution in [0.4, 0.5) is 5.69 Å². The minimum Gasteiger partial charge on any atom is -0.369 e. The van der Waals surface area contributed by atoms with E-state index in [1.807, 2.05) is 12.3 Å². The van der Waals surface area contributed by atoms with Gasteiger partial charge >= 0.3 is 0 Å². The smallest absolute Gasteiger partial charge is 0.0778 e. The second-order valence-electron chi connectivity index (χ2n) is 8.57. The maximum absolute atomic E-state index is 4.70. The highest BCUT2D eigenvalue weighted by molar-refractivity contribution is 6.04. The van der Waals surface area contributed by atoms with Crippen molar-refractivity contribution < 1.29 is 0 Å². The lowest BCUT2D eigenvalue weighted by molar-refractivity contribution is 0.248. The molecule has 0 spiro atoms. The minimum atomic E-state index is 0.952. The minimum absolute atomic E-state index is 0.952. The third kappa shape index (κ3) is 2.59. The molecule has 3 heterocycles. The molecule has 2 aromatic rings. The zero-order valence-electron chi connectivity index (χ0n) is 16.2. The molecule has 2 aliphatic heterocycles. The first kappa shape index (κ1) is 16.4. The van der Waals surface area contributed by atoms with Crippen LogP contribution in [0.1, 0.15) is 35.2 Å². The number of rotatable bonds is 3. The lowest BCUT2D eigenvalue weighted by atomic mass is 9.98. The fraction of sp³-hybridized carbons (Fsp3) is 0.375. The summed E-state index contributed by atoms with van der Waals surface area (Å²) in [6.07, 6.45) is 5.73. The number of fused-ring (bicyclic) bond motifs is 4. The Morgan fingerprint density at radius 3 is 2.68 bits per heavy atom. The summed E-state index contributed by atoms with van der Waals surface area (Å²) in [7, 11) is 0. The molecule has 0 atom stereocenters. The van der Waals surface area contributed by atoms with Gasteiger partial charge in [-0.2, -0.15) is 0 Å². The summed E-state index contributed by atoms with van der Waals surface area (Å²) >= 11 is 0. The number of nitrogens with one attached hydrogen (secondary N) is 1. The summed E-state index contributed by atoms with van der Waals surface area (Å²) in [4.78, 5) is 9.95. The van der Waals surface area contributed by atoms with Crippen molar-refractivity contribution in [2.45, 2.75) is 19.3 Å². The number of piperazine rings is 1. The van der Waals surface area contributed by atoms with Gasteiger partial charge in [-0.25, -0.2) is 0 Å². The van der Waals surface area contributed by atoms with Crippen molar-refractivity contribution in [2.75, 3.05) is 37.6 Å². The molecule has 1 aromatic carbocycles. The normalized spacial score (nSPS) is 21.3. The van der Waals surface area contributed by atoms with Gasteiger partial charge in [-0.3, -0.25) is 9.88 Å². The van der Waals surface area contributed by atoms with Crippen molar-refractivity contribution >= 4 is 22.7 Å². The van der Waals surface area contributed by atoms with E-state index in [9.17, 15) is 0 Å². The number of hydrogen-bond acceptors (Lipinski definition) is 4. The average molecular weight is 371 g/mol. The van der Waals surface area contributed by atoms with Gasteiger partial charge in [0.25, 0.3) is 0 Å². The highest BCUT2D eigenvalue weighted by atomic mass is 15.3. The van der Waals surface area contributed by atoms with Crippen LogP contribution in [0, 0.1) is 5.92 Å². The molecule has 4 aliphatic rings. The maximum Gasteiger partial charge on any atom is 0.0778 e. The number of benzene rings is 1. The molecule has 0 radical (unpaired) electrons. The van der Waals surface area contributed by atoms with E-state index in [1.165, 1.54) is 60.6 Å². The third-order valence-electron chi connectivity index (χ3n) is 6.70. The molecular weight excluding hydrogens is 344 g/mol. The Bertz CT molecular complexity index is 993. The van der Waals surface area contributed by atoms with Crippen LogP contribution in [0.2, 0.25) is 0 Å². The highest BCUT2D eigenvalue weighted by Gasteiger charge is 2.33. The number of pyridine rings is 1. The van der Waals surface area contributed by atoms with E-state index in [4.69, 9.17) is 4.98 Å². The van der Waals surface area contributed by atoms with Crippen LogP contribution >= 0.6 is 0 Å². The standard InChI is InChI=1S/C24H26N4/c1-16-18-5-3-9-25-23(18)21-14-20-19(24(21)26-16)4-2-6-22(20)28-12-10-27(11-13-28)15-17-7-8-17/h2-6,9,17,26H,1,7-8,10-15H2. The van der Waals surface area contributed by atoms with Crippen LogP contribution in [0.15, 0.2) is 43.1 Å². The van der Waals surface area contributed by atoms with Gasteiger partial charge in [-0.1, -0.05) is 18.7 Å². The van der Waals surface area contributed by atoms with Gasteiger partial charge in [-0.05, 0) is 42.5 Å². The number of hydrogen-bond donors (Lipinski definition) is 1. The molecule has 1 saturated carbocycles. The third-order valence-corrected chi connectivity index (χ3v) is 6.70. The van der Waals surface area contributed by atoms with E-state index >= 15 is 0 Å². The molecule has 2 aliphatic carbocycles. The van der Waals surface area contributed by atoms with Crippen LogP contribution in [-0.2, 0) is 6.42 Å². The summed E-state index contributed by atoms with van der Waals surface area (Å²) in [6.45, 7) is 10.2. The fourth-order valence-corrected chi connectivity index (χ4v) is 5.01. The first-order valence-corrected chi connectivity index (χ1v) is 10.5. The number of anilines is 1. The van der Waals surface area contributed by atoms with Crippen molar-refractivity contribution in [3.8, 4) is 0 Å². The Morgan fingerprint density at radius 1 is 1.04 bits per heavy atom. The van der Waals surface area contributed by atoms with E-state index in [-0.39, 0.29) is 0 Å². The Kier molecular flexibility index (Phi) is 3.63. The number of aromatic nitrogens is 1. The molecule has 0 bridgehead atoms. The second-order valence-corrected chi connectivity index (χ2v) is 8.57. The van der Waals surface area contributed by atoms with Crippen LogP contribution in [-0.4, -0.2) is 42.6 Å². The summed E-state index contributed by atoms with van der Waals surface area (Å²) < 4.78 is 0. The number of nitrogens with zero attached hydrogens (tertiary/aromatic N) is 3. The molecule has 2 fully saturated rings. The van der Waals surface area contributed by atoms with E-state index in [1.54, 1.807) is 0 Å². The zero-order chi connectivity index (χ0) is 18.7. The fourth-order valence-electron chi connectivity index (χ4n) is 5.01. The molecule has 0 unspecified atom stereocenters. The Morgan fingerprint density at radius 2 is 1.86 bits per heavy atom. The topological polar surface area (TPSA) is 31.4 Å². The molecule has 4 nitrogen and oxygen atoms in total. The van der Waals surface area contributed by atoms with Gasteiger partial charge in [0.05, 0.1) is 11.4 Å². The quantitative estimate of drug-likeness (QED) is 0.894. The molecule has 1 saturated heterocycles. The summed E-state index contributed by atoms with van der Waals surface area (Å²) in [5, 5.41) is 3.57. The van der Waals surface area contributed by atoms with Crippen LogP contribution < -0.4 is 10.2 Å². The average Bonchev–Trinajstić information content (AvgIpc) is 3.47. The van der Waals surface area contributed by atoms with Crippen molar-refractivity contribution in [1.29, 1.82) is 0 Å². The summed E-state index contributed by atoms with van der Waals surface area (Å²) in [5.74, 6) is 0.982. The van der Waals surface area contributed by atoms with Crippen LogP contribution in [0.25, 0.3) is 17.0 Å². The van der Waals surface area contributed by atoms with E-state index in [0.29, 0.717) is 0 Å². The molecule has 6 rings (SSSR count). The first-order chi connectivity index (χ1) is 13.8. The van der Waals surface area contributed by atoms with E-state index in [2.05, 4.69) is 46.0 Å². The van der Waals surface area contributed by atoms with Crippen LogP contribution in [0.3, 0.4) is 0 Å². The predicted molar refractivity (Wildman–Crippen MR) is 115 cm³/mol. The SMILES string of the molecule is C=C1NC2=C(Cc3c2cccc3N2CCN(CC3CC3)CC2)c2ncccc21. The summed E-state index contributed by atoms with van der Waals surface area (Å²) in [6, 6.07) is 10.9. The van der Waals surface area contributed by atoms with E-state index in [0.717, 1.165) is 42.4 Å². The molecule has 142 valence electrons. The van der Waals surface area contributed by atoms with Gasteiger partial charge in [0.2, 0.25) is 0 Å². The van der Waals surface area contributed by atoms with Gasteiger partial charge in [-0.15, -0.1) is 0 Å². The van der Waals surface area contributed by atoms with Crippen molar-refractivity contribution in [3.63, 3.8) is 0 Å². The lowest BCUT2D eigenvalue weighted by Gasteiger charge is -2.37. The molecule has 1 aromatic heterocycles. The van der Waals surface area contributed by atoms with Gasteiger partial charge in [0, 0.05) is 73.4 Å². The molecule has 28 heavy (non-hydrogen) atoms. The predicted octanol–water partition coefficient (Wildman–Crippen LogP) is 3.61. The van der Waals surface area contributed by atoms with Crippen molar-refractivity contribution in [2.24, 2.45) is 5.92 Å². The zero-order valence-corrected chi connectivity index (χ0v) is 16.2. The molecule has 0 amide bonds. The van der Waals surface area contributed by atoms with E-state index < -0.39 is 0 Å². The first-order valence-electron chi connectivity index (χ1n) is 10.5. The van der Waals surface area contributed by atoms with Gasteiger partial charge in [0.1, 0.15) is 0 Å². The molecular formula is C24H26N4. The summed E-state index contributed by atoms with van der Waals surface area (Å²) in [5.41, 5.74) is 9.88. The lowest BCUT2D eigenvalue weighted by Crippen LogP contribution is -2.47. The van der Waals surface area contributed by atoms with Crippen molar-refractivity contribution in [1.82, 2.24) is 15.2 Å². The van der Waals surface area contributed by atoms with Gasteiger partial charge < -0.3 is 10.2 Å². The Hall–Kier alpha value is -2.59. The molecule has 1 N–H and O–H groups in total. The van der Waals surface area contributed by atoms with Gasteiger partial charge in [0.15, 0.2) is 0 Å². The largest absolute Gasteiger partial charge is 0.369 e. The Balaban J connectivity index is 1.30. The number of allylic oxidation sites excluding steroid dienone is 1. The Labute approximate surface area is 166 Å².